The molecule has 1 N–H and O–H groups in total. The average Bonchev–Trinajstić information content (AvgIpc) is 2.98. The molecule has 2 atom stereocenters. The fraction of sp³-hybridized carbons (Fsp3) is 0.524. The lowest BCUT2D eigenvalue weighted by Crippen LogP contribution is -2.45. The van der Waals surface area contributed by atoms with Gasteiger partial charge in [-0.05, 0) is 31.7 Å². The summed E-state index contributed by atoms with van der Waals surface area (Å²) in [5.41, 5.74) is 3.31. The summed E-state index contributed by atoms with van der Waals surface area (Å²) in [5, 5.41) is 11.6. The van der Waals surface area contributed by atoms with Crippen molar-refractivity contribution in [3.05, 3.63) is 52.6 Å². The van der Waals surface area contributed by atoms with Gasteiger partial charge in [-0.15, -0.1) is 18.3 Å². The van der Waals surface area contributed by atoms with E-state index in [0.29, 0.717) is 12.0 Å². The van der Waals surface area contributed by atoms with Gasteiger partial charge in [0.25, 0.3) is 11.6 Å². The minimum absolute atomic E-state index is 0.0329. The van der Waals surface area contributed by atoms with Crippen LogP contribution < -0.4 is 5.43 Å². The maximum Gasteiger partial charge on any atom is 0.269 e. The number of allylic oxidation sites excluding steroid dienone is 1. The zero-order chi connectivity index (χ0) is 21.2. The molecule has 0 spiro atoms. The van der Waals surface area contributed by atoms with Crippen molar-refractivity contribution in [1.82, 2.24) is 10.4 Å². The van der Waals surface area contributed by atoms with Crippen LogP contribution in [0.5, 0.6) is 0 Å². The number of nitrogens with zero attached hydrogens (tertiary/aromatic N) is 2. The van der Waals surface area contributed by atoms with Gasteiger partial charge in [0, 0.05) is 18.6 Å². The Morgan fingerprint density at radius 1 is 1.28 bits per heavy atom. The predicted octanol–water partition coefficient (Wildman–Crippen LogP) is 4.90. The van der Waals surface area contributed by atoms with Gasteiger partial charge in [0.2, 0.25) is 5.91 Å². The third kappa shape index (κ3) is 6.88. The summed E-state index contributed by atoms with van der Waals surface area (Å²) in [5.74, 6) is -0.391. The number of non-ortho nitro benzene ring substituents is 1. The van der Waals surface area contributed by atoms with Crippen LogP contribution in [0.25, 0.3) is 0 Å². The van der Waals surface area contributed by atoms with Gasteiger partial charge in [-0.3, -0.25) is 25.1 Å². The van der Waals surface area contributed by atoms with E-state index in [1.807, 2.05) is 6.08 Å². The summed E-state index contributed by atoms with van der Waals surface area (Å²) >= 11 is 1.37. The summed E-state index contributed by atoms with van der Waals surface area (Å²) in [6.45, 7) is 5.49. The van der Waals surface area contributed by atoms with Crippen molar-refractivity contribution < 1.29 is 14.5 Å². The molecular formula is C21H29N3O4S. The zero-order valence-electron chi connectivity index (χ0n) is 16.8. The lowest BCUT2D eigenvalue weighted by atomic mass is 10.1. The van der Waals surface area contributed by atoms with E-state index in [2.05, 4.69) is 12.0 Å². The topological polar surface area (TPSA) is 92.6 Å². The van der Waals surface area contributed by atoms with Crippen molar-refractivity contribution in [3.63, 3.8) is 0 Å². The molecule has 1 saturated heterocycles. The van der Waals surface area contributed by atoms with Crippen LogP contribution >= 0.6 is 11.8 Å². The Morgan fingerprint density at radius 2 is 1.97 bits per heavy atom. The van der Waals surface area contributed by atoms with Crippen LogP contribution in [0, 0.1) is 10.1 Å². The number of rotatable bonds is 12. The first kappa shape index (κ1) is 22.9. The van der Waals surface area contributed by atoms with Crippen LogP contribution in [0.1, 0.15) is 69.2 Å². The second kappa shape index (κ2) is 11.6. The van der Waals surface area contributed by atoms with Crippen LogP contribution in [-0.4, -0.2) is 27.0 Å². The van der Waals surface area contributed by atoms with E-state index in [1.165, 1.54) is 35.3 Å². The number of amides is 2. The van der Waals surface area contributed by atoms with Crippen molar-refractivity contribution in [2.24, 2.45) is 0 Å². The smallest absolute Gasteiger partial charge is 0.269 e. The molecule has 1 aromatic rings. The van der Waals surface area contributed by atoms with E-state index in [1.54, 1.807) is 19.1 Å². The van der Waals surface area contributed by atoms with E-state index in [-0.39, 0.29) is 22.8 Å². The number of hydrazine groups is 1. The number of carbonyl (C=O) groups is 2. The Hall–Kier alpha value is -2.35. The Bertz CT molecular complexity index is 740. The molecule has 7 nitrogen and oxygen atoms in total. The molecule has 1 aliphatic heterocycles. The Balaban J connectivity index is 1.86. The van der Waals surface area contributed by atoms with Gasteiger partial charge in [0.1, 0.15) is 5.37 Å². The molecule has 2 unspecified atom stereocenters. The summed E-state index contributed by atoms with van der Waals surface area (Å²) in [6.07, 6.45) is 9.69. The molecule has 1 aliphatic rings. The lowest BCUT2D eigenvalue weighted by molar-refractivity contribution is -0.384. The van der Waals surface area contributed by atoms with E-state index in [9.17, 15) is 19.7 Å². The van der Waals surface area contributed by atoms with Crippen LogP contribution in [-0.2, 0) is 9.59 Å². The largest absolute Gasteiger partial charge is 0.273 e. The molecular weight excluding hydrogens is 390 g/mol. The van der Waals surface area contributed by atoms with Crippen molar-refractivity contribution in [2.75, 3.05) is 0 Å². The second-order valence-electron chi connectivity index (χ2n) is 7.17. The third-order valence-corrected chi connectivity index (χ3v) is 6.18. The van der Waals surface area contributed by atoms with Crippen molar-refractivity contribution >= 4 is 29.3 Å². The molecule has 0 aromatic heterocycles. The molecule has 1 heterocycles. The molecule has 158 valence electrons. The predicted molar refractivity (Wildman–Crippen MR) is 115 cm³/mol. The van der Waals surface area contributed by atoms with E-state index in [0.717, 1.165) is 38.5 Å². The highest BCUT2D eigenvalue weighted by Crippen LogP contribution is 2.42. The first-order valence-corrected chi connectivity index (χ1v) is 11.0. The highest BCUT2D eigenvalue weighted by Gasteiger charge is 2.40. The van der Waals surface area contributed by atoms with Gasteiger partial charge in [-0.25, -0.2) is 5.01 Å². The van der Waals surface area contributed by atoms with Crippen LogP contribution in [0.2, 0.25) is 0 Å². The molecule has 0 saturated carbocycles. The van der Waals surface area contributed by atoms with Gasteiger partial charge in [-0.2, -0.15) is 0 Å². The van der Waals surface area contributed by atoms with Crippen molar-refractivity contribution in [2.45, 2.75) is 68.9 Å². The van der Waals surface area contributed by atoms with E-state index < -0.39 is 10.3 Å². The zero-order valence-corrected chi connectivity index (χ0v) is 17.7. The normalized spacial score (nSPS) is 18.7. The minimum Gasteiger partial charge on any atom is -0.273 e. The molecule has 0 aliphatic carbocycles. The average molecular weight is 420 g/mol. The second-order valence-corrected chi connectivity index (χ2v) is 8.60. The highest BCUT2D eigenvalue weighted by atomic mass is 32.2. The Morgan fingerprint density at radius 3 is 2.66 bits per heavy atom. The van der Waals surface area contributed by atoms with Crippen LogP contribution in [0.4, 0.5) is 5.69 Å². The number of unbranched alkanes of at least 4 members (excludes halogenated alkanes) is 6. The number of carbonyl (C=O) groups excluding carboxylic acids is 2. The first-order chi connectivity index (χ1) is 13.9. The molecule has 29 heavy (non-hydrogen) atoms. The number of hydrogen-bond donors (Lipinski definition) is 1. The van der Waals surface area contributed by atoms with Crippen LogP contribution in [0.3, 0.4) is 0 Å². The van der Waals surface area contributed by atoms with E-state index >= 15 is 0 Å². The van der Waals surface area contributed by atoms with Crippen molar-refractivity contribution in [1.29, 1.82) is 0 Å². The van der Waals surface area contributed by atoms with E-state index in [4.69, 9.17) is 0 Å². The van der Waals surface area contributed by atoms with Gasteiger partial charge in [0.05, 0.1) is 10.2 Å². The summed E-state index contributed by atoms with van der Waals surface area (Å²) in [4.78, 5) is 35.4. The standard InChI is InChI=1S/C21H29N3O4S/c1-3-4-5-6-7-8-9-10-14-19(25)22-23-20(26)16(2)29-21(23)17-12-11-13-18(15-17)24(27)28/h3,11-13,15-16,21H,1,4-10,14H2,2H3,(H,22,25). The summed E-state index contributed by atoms with van der Waals surface area (Å²) in [7, 11) is 0. The minimum atomic E-state index is -0.466. The quantitative estimate of drug-likeness (QED) is 0.225. The first-order valence-electron chi connectivity index (χ1n) is 10.1. The molecule has 0 radical (unpaired) electrons. The van der Waals surface area contributed by atoms with Crippen molar-refractivity contribution in [3.8, 4) is 0 Å². The molecule has 2 rings (SSSR count). The molecule has 1 fully saturated rings. The van der Waals surface area contributed by atoms with Gasteiger partial charge in [-0.1, -0.05) is 43.9 Å². The monoisotopic (exact) mass is 419 g/mol. The number of nitro benzene ring substituents is 1. The summed E-state index contributed by atoms with van der Waals surface area (Å²) in [6, 6.07) is 6.20. The number of nitrogens with one attached hydrogen (secondary N) is 1. The third-order valence-electron chi connectivity index (χ3n) is 4.83. The fourth-order valence-corrected chi connectivity index (χ4v) is 4.43. The lowest BCUT2D eigenvalue weighted by Gasteiger charge is -2.24. The van der Waals surface area contributed by atoms with Gasteiger partial charge < -0.3 is 0 Å². The summed E-state index contributed by atoms with van der Waals surface area (Å²) < 4.78 is 0. The maximum absolute atomic E-state index is 12.5. The fourth-order valence-electron chi connectivity index (χ4n) is 3.23. The Kier molecular flexibility index (Phi) is 9.18. The highest BCUT2D eigenvalue weighted by molar-refractivity contribution is 8.01. The maximum atomic E-state index is 12.5. The number of nitro groups is 1. The molecule has 1 aromatic carbocycles. The molecule has 2 amide bonds. The van der Waals surface area contributed by atoms with Gasteiger partial charge in [0.15, 0.2) is 0 Å². The molecule has 8 heteroatoms. The number of hydrogen-bond acceptors (Lipinski definition) is 5. The molecule has 0 bridgehead atoms. The number of benzene rings is 1. The SMILES string of the molecule is C=CCCCCCCCCC(=O)NN1C(=O)C(C)SC1c1cccc([N+](=O)[O-])c1. The number of thioether (sulfide) groups is 1. The van der Waals surface area contributed by atoms with Crippen LogP contribution in [0.15, 0.2) is 36.9 Å². The van der Waals surface area contributed by atoms with Gasteiger partial charge >= 0.3 is 0 Å². The Labute approximate surface area is 176 Å².